The number of carbonyl (C=O) groups is 1. The number of aryl methyl sites for hydroxylation is 1. The molecule has 1 aliphatic rings. The fourth-order valence-electron chi connectivity index (χ4n) is 2.19. The second kappa shape index (κ2) is 4.06. The lowest BCUT2D eigenvalue weighted by Crippen LogP contribution is -2.24. The number of fused-ring (bicyclic) bond motifs is 1. The van der Waals surface area contributed by atoms with Gasteiger partial charge in [0.15, 0.2) is 5.78 Å². The molecule has 1 heterocycles. The van der Waals surface area contributed by atoms with Gasteiger partial charge in [0.05, 0.1) is 17.0 Å². The molecule has 1 aliphatic carbocycles. The van der Waals surface area contributed by atoms with E-state index in [0.717, 1.165) is 29.8 Å². The van der Waals surface area contributed by atoms with Crippen molar-refractivity contribution in [3.05, 3.63) is 23.3 Å². The number of carbonyl (C=O) groups excluding carboxylic acids is 1. The Kier molecular flexibility index (Phi) is 2.77. The van der Waals surface area contributed by atoms with Gasteiger partial charge in [-0.3, -0.25) is 4.79 Å². The molecule has 0 fully saturated rings. The van der Waals surface area contributed by atoms with Crippen molar-refractivity contribution in [2.75, 3.05) is 6.54 Å². The highest BCUT2D eigenvalue weighted by Crippen LogP contribution is 2.26. The number of aromatic nitrogens is 2. The summed E-state index contributed by atoms with van der Waals surface area (Å²) in [6.45, 7) is 2.50. The largest absolute Gasteiger partial charge is 0.330 e. The van der Waals surface area contributed by atoms with E-state index in [9.17, 15) is 4.79 Å². The molecule has 4 heteroatoms. The van der Waals surface area contributed by atoms with E-state index in [4.69, 9.17) is 5.73 Å². The van der Waals surface area contributed by atoms with E-state index in [1.807, 2.05) is 6.92 Å². The Bertz CT molecular complexity index is 389. The minimum absolute atomic E-state index is 0.174. The number of nitrogens with two attached hydrogens (primary N) is 1. The molecule has 80 valence electrons. The van der Waals surface area contributed by atoms with Gasteiger partial charge in [0.1, 0.15) is 6.33 Å². The average Bonchev–Trinajstić information content (AvgIpc) is 2.17. The van der Waals surface area contributed by atoms with E-state index in [1.165, 1.54) is 6.33 Å². The summed E-state index contributed by atoms with van der Waals surface area (Å²) in [5, 5.41) is 0. The van der Waals surface area contributed by atoms with Crippen molar-refractivity contribution >= 4 is 5.78 Å². The molecule has 0 saturated carbocycles. The summed E-state index contributed by atoms with van der Waals surface area (Å²) in [6, 6.07) is 0. The zero-order valence-corrected chi connectivity index (χ0v) is 8.86. The molecule has 1 aromatic rings. The topological polar surface area (TPSA) is 68.9 Å². The van der Waals surface area contributed by atoms with Crippen LogP contribution in [0.3, 0.4) is 0 Å². The molecule has 0 spiro atoms. The van der Waals surface area contributed by atoms with Crippen LogP contribution in [0.4, 0.5) is 0 Å². The first-order chi connectivity index (χ1) is 7.22. The Morgan fingerprint density at radius 3 is 3.00 bits per heavy atom. The van der Waals surface area contributed by atoms with Crippen LogP contribution in [0.25, 0.3) is 0 Å². The normalized spacial score (nSPS) is 20.1. The maximum atomic E-state index is 11.9. The number of hydrogen-bond acceptors (Lipinski definition) is 4. The van der Waals surface area contributed by atoms with Gasteiger partial charge in [-0.2, -0.15) is 0 Å². The molecule has 2 N–H and O–H groups in total. The lowest BCUT2D eigenvalue weighted by Gasteiger charge is -2.22. The zero-order chi connectivity index (χ0) is 10.8. The van der Waals surface area contributed by atoms with E-state index in [2.05, 4.69) is 9.97 Å². The second-order valence-corrected chi connectivity index (χ2v) is 4.06. The summed E-state index contributed by atoms with van der Waals surface area (Å²) in [6.07, 6.45) is 3.89. The van der Waals surface area contributed by atoms with Crippen LogP contribution >= 0.6 is 0 Å². The van der Waals surface area contributed by atoms with Crippen molar-refractivity contribution in [1.29, 1.82) is 0 Å². The second-order valence-electron chi connectivity index (χ2n) is 4.06. The van der Waals surface area contributed by atoms with Gasteiger partial charge >= 0.3 is 0 Å². The Balaban J connectivity index is 2.32. The molecular formula is C11H15N3O. The standard InChI is InChI=1S/C11H15N3O/c1-7-11-9(14-6-13-7)4-8(2-3-12)5-10(11)15/h6,8H,2-5,12H2,1H3. The Labute approximate surface area is 88.9 Å². The fraction of sp³-hybridized carbons (Fsp3) is 0.545. The smallest absolute Gasteiger partial charge is 0.166 e. The van der Waals surface area contributed by atoms with Gasteiger partial charge in [-0.05, 0) is 32.2 Å². The summed E-state index contributed by atoms with van der Waals surface area (Å²) in [4.78, 5) is 20.1. The van der Waals surface area contributed by atoms with Gasteiger partial charge in [0.25, 0.3) is 0 Å². The molecule has 0 aromatic carbocycles. The number of Topliss-reactive ketones (excluding diaryl/α,β-unsaturated/α-hetero) is 1. The van der Waals surface area contributed by atoms with E-state index >= 15 is 0 Å². The van der Waals surface area contributed by atoms with Crippen LogP contribution in [-0.4, -0.2) is 22.3 Å². The van der Waals surface area contributed by atoms with Crippen LogP contribution in [0.1, 0.15) is 34.6 Å². The maximum absolute atomic E-state index is 11.9. The van der Waals surface area contributed by atoms with Gasteiger partial charge in [-0.1, -0.05) is 0 Å². The minimum atomic E-state index is 0.174. The Morgan fingerprint density at radius 1 is 1.47 bits per heavy atom. The molecule has 2 rings (SSSR count). The molecule has 15 heavy (non-hydrogen) atoms. The molecule has 1 aromatic heterocycles. The first-order valence-electron chi connectivity index (χ1n) is 5.26. The van der Waals surface area contributed by atoms with Crippen molar-refractivity contribution in [3.8, 4) is 0 Å². The fourth-order valence-corrected chi connectivity index (χ4v) is 2.19. The van der Waals surface area contributed by atoms with E-state index < -0.39 is 0 Å². The first kappa shape index (κ1) is 10.2. The lowest BCUT2D eigenvalue weighted by atomic mass is 9.83. The Morgan fingerprint density at radius 2 is 2.27 bits per heavy atom. The van der Waals surface area contributed by atoms with Gasteiger partial charge in [0.2, 0.25) is 0 Å². The van der Waals surface area contributed by atoms with Crippen LogP contribution in [0.15, 0.2) is 6.33 Å². The van der Waals surface area contributed by atoms with Gasteiger partial charge in [-0.25, -0.2) is 9.97 Å². The summed E-state index contributed by atoms with van der Waals surface area (Å²) < 4.78 is 0. The van der Waals surface area contributed by atoms with Crippen LogP contribution in [0, 0.1) is 12.8 Å². The van der Waals surface area contributed by atoms with Crippen LogP contribution in [0.5, 0.6) is 0 Å². The average molecular weight is 205 g/mol. The minimum Gasteiger partial charge on any atom is -0.330 e. The van der Waals surface area contributed by atoms with Gasteiger partial charge < -0.3 is 5.73 Å². The lowest BCUT2D eigenvalue weighted by molar-refractivity contribution is 0.0944. The number of nitrogens with zero attached hydrogens (tertiary/aromatic N) is 2. The molecule has 0 saturated heterocycles. The van der Waals surface area contributed by atoms with E-state index in [1.54, 1.807) is 0 Å². The van der Waals surface area contributed by atoms with E-state index in [-0.39, 0.29) is 5.78 Å². The molecule has 4 nitrogen and oxygen atoms in total. The predicted octanol–water partition coefficient (Wildman–Crippen LogP) is 0.879. The van der Waals surface area contributed by atoms with Crippen LogP contribution in [0.2, 0.25) is 0 Å². The number of rotatable bonds is 2. The monoisotopic (exact) mass is 205 g/mol. The SMILES string of the molecule is Cc1ncnc2c1C(=O)CC(CCN)C2. The van der Waals surface area contributed by atoms with Gasteiger partial charge in [0, 0.05) is 6.42 Å². The summed E-state index contributed by atoms with van der Waals surface area (Å²) >= 11 is 0. The molecule has 1 unspecified atom stereocenters. The van der Waals surface area contributed by atoms with Crippen molar-refractivity contribution < 1.29 is 4.79 Å². The zero-order valence-electron chi connectivity index (χ0n) is 8.86. The molecule has 0 bridgehead atoms. The number of ketones is 1. The van der Waals surface area contributed by atoms with Crippen LogP contribution < -0.4 is 5.73 Å². The molecular weight excluding hydrogens is 190 g/mol. The molecule has 0 radical (unpaired) electrons. The third-order valence-electron chi connectivity index (χ3n) is 2.93. The highest BCUT2D eigenvalue weighted by atomic mass is 16.1. The van der Waals surface area contributed by atoms with Crippen molar-refractivity contribution in [1.82, 2.24) is 9.97 Å². The highest BCUT2D eigenvalue weighted by molar-refractivity contribution is 5.99. The Hall–Kier alpha value is -1.29. The summed E-state index contributed by atoms with van der Waals surface area (Å²) in [5.41, 5.74) is 7.95. The van der Waals surface area contributed by atoms with Crippen molar-refractivity contribution in [2.45, 2.75) is 26.2 Å². The first-order valence-corrected chi connectivity index (χ1v) is 5.26. The quantitative estimate of drug-likeness (QED) is 0.778. The number of hydrogen-bond donors (Lipinski definition) is 1. The third kappa shape index (κ3) is 1.90. The maximum Gasteiger partial charge on any atom is 0.166 e. The van der Waals surface area contributed by atoms with Crippen molar-refractivity contribution in [3.63, 3.8) is 0 Å². The summed E-state index contributed by atoms with van der Waals surface area (Å²) in [5.74, 6) is 0.539. The molecule has 1 atom stereocenters. The van der Waals surface area contributed by atoms with Gasteiger partial charge in [-0.15, -0.1) is 0 Å². The van der Waals surface area contributed by atoms with E-state index in [0.29, 0.717) is 18.9 Å². The van der Waals surface area contributed by atoms with Crippen molar-refractivity contribution in [2.24, 2.45) is 11.7 Å². The summed E-state index contributed by atoms with van der Waals surface area (Å²) in [7, 11) is 0. The highest BCUT2D eigenvalue weighted by Gasteiger charge is 2.27. The molecule has 0 aliphatic heterocycles. The predicted molar refractivity (Wildman–Crippen MR) is 56.6 cm³/mol. The third-order valence-corrected chi connectivity index (χ3v) is 2.93. The van der Waals surface area contributed by atoms with Crippen LogP contribution in [-0.2, 0) is 6.42 Å². The molecule has 0 amide bonds.